The molecule has 0 bridgehead atoms. The van der Waals surface area contributed by atoms with Gasteiger partial charge in [-0.05, 0) is 12.8 Å². The summed E-state index contributed by atoms with van der Waals surface area (Å²) in [4.78, 5) is 11.4. The van der Waals surface area contributed by atoms with Crippen LogP contribution in [0.1, 0.15) is 13.8 Å². The number of amides is 1. The second kappa shape index (κ2) is 6.18. The van der Waals surface area contributed by atoms with Crippen LogP contribution in [0.15, 0.2) is 0 Å². The van der Waals surface area contributed by atoms with Crippen LogP contribution in [0.25, 0.3) is 0 Å². The molecule has 94 valence electrons. The zero-order valence-electron chi connectivity index (χ0n) is 10.3. The second-order valence-corrected chi connectivity index (χ2v) is 4.71. The van der Waals surface area contributed by atoms with Crippen molar-refractivity contribution in [3.63, 3.8) is 0 Å². The summed E-state index contributed by atoms with van der Waals surface area (Å²) in [6, 6.07) is 0. The van der Waals surface area contributed by atoms with Gasteiger partial charge in [0.15, 0.2) is 0 Å². The number of carbonyl (C=O) groups is 1. The summed E-state index contributed by atoms with van der Waals surface area (Å²) in [6.45, 7) is 7.10. The molecule has 0 aromatic carbocycles. The molecule has 0 spiro atoms. The van der Waals surface area contributed by atoms with Crippen LogP contribution >= 0.6 is 0 Å². The summed E-state index contributed by atoms with van der Waals surface area (Å²) in [6.07, 6.45) is 0. The number of hydrogen-bond donors (Lipinski definition) is 2. The zero-order chi connectivity index (χ0) is 12.0. The molecule has 16 heavy (non-hydrogen) atoms. The van der Waals surface area contributed by atoms with Crippen molar-refractivity contribution in [2.24, 2.45) is 5.92 Å². The molecule has 0 radical (unpaired) electrons. The van der Waals surface area contributed by atoms with E-state index in [4.69, 9.17) is 9.47 Å². The number of hydrogen-bond acceptors (Lipinski definition) is 4. The average molecular weight is 230 g/mol. The first-order chi connectivity index (χ1) is 7.56. The van der Waals surface area contributed by atoms with Crippen LogP contribution in [-0.4, -0.2) is 51.5 Å². The molecular formula is C11H22N2O3. The van der Waals surface area contributed by atoms with Gasteiger partial charge in [0.05, 0.1) is 12.2 Å². The Hall–Kier alpha value is -0.650. The number of nitrogens with one attached hydrogen (secondary N) is 2. The van der Waals surface area contributed by atoms with Crippen molar-refractivity contribution in [1.82, 2.24) is 10.6 Å². The van der Waals surface area contributed by atoms with Crippen molar-refractivity contribution in [2.75, 3.05) is 40.0 Å². The van der Waals surface area contributed by atoms with E-state index in [1.165, 1.54) is 0 Å². The van der Waals surface area contributed by atoms with Gasteiger partial charge in [-0.15, -0.1) is 0 Å². The lowest BCUT2D eigenvalue weighted by atomic mass is 10.0. The minimum atomic E-state index is -0.157. The zero-order valence-corrected chi connectivity index (χ0v) is 10.3. The fourth-order valence-electron chi connectivity index (χ4n) is 1.50. The summed E-state index contributed by atoms with van der Waals surface area (Å²) in [5, 5.41) is 5.94. The molecule has 0 aliphatic carbocycles. The fraction of sp³-hybridized carbons (Fsp3) is 0.909. The molecule has 5 nitrogen and oxygen atoms in total. The van der Waals surface area contributed by atoms with E-state index in [-0.39, 0.29) is 18.1 Å². The van der Waals surface area contributed by atoms with Gasteiger partial charge >= 0.3 is 0 Å². The first kappa shape index (κ1) is 13.4. The molecule has 1 heterocycles. The molecule has 2 N–H and O–H groups in total. The predicted molar refractivity (Wildman–Crippen MR) is 61.3 cm³/mol. The van der Waals surface area contributed by atoms with Gasteiger partial charge in [0, 0.05) is 26.7 Å². The Labute approximate surface area is 96.9 Å². The lowest BCUT2D eigenvalue weighted by Gasteiger charge is -2.38. The number of rotatable bonds is 7. The maximum atomic E-state index is 11.4. The molecule has 1 aliphatic heterocycles. The highest BCUT2D eigenvalue weighted by Crippen LogP contribution is 2.14. The third kappa shape index (κ3) is 4.47. The summed E-state index contributed by atoms with van der Waals surface area (Å²) in [7, 11) is 1.66. The normalized spacial score (nSPS) is 19.9. The van der Waals surface area contributed by atoms with Crippen LogP contribution in [0.4, 0.5) is 0 Å². The standard InChI is InChI=1S/C11H22N2O3/c1-9(5-15-3)4-13-10(14)6-16-11(2)7-12-8-11/h9,12H,4-8H2,1-3H3,(H,13,14). The van der Waals surface area contributed by atoms with E-state index in [0.29, 0.717) is 19.1 Å². The smallest absolute Gasteiger partial charge is 0.246 e. The van der Waals surface area contributed by atoms with Gasteiger partial charge in [-0.25, -0.2) is 0 Å². The monoisotopic (exact) mass is 230 g/mol. The van der Waals surface area contributed by atoms with Gasteiger partial charge in [0.2, 0.25) is 5.91 Å². The Morgan fingerprint density at radius 2 is 2.25 bits per heavy atom. The first-order valence-corrected chi connectivity index (χ1v) is 5.66. The lowest BCUT2D eigenvalue weighted by molar-refractivity contribution is -0.136. The molecule has 0 aromatic rings. The Bertz CT molecular complexity index is 229. The summed E-state index contributed by atoms with van der Waals surface area (Å²) in [5.41, 5.74) is -0.157. The van der Waals surface area contributed by atoms with E-state index in [9.17, 15) is 4.79 Å². The number of ether oxygens (including phenoxy) is 2. The minimum absolute atomic E-state index is 0.0592. The van der Waals surface area contributed by atoms with Crippen molar-refractivity contribution in [2.45, 2.75) is 19.4 Å². The third-order valence-corrected chi connectivity index (χ3v) is 2.65. The van der Waals surface area contributed by atoms with Crippen LogP contribution in [0.3, 0.4) is 0 Å². The highest BCUT2D eigenvalue weighted by molar-refractivity contribution is 5.77. The van der Waals surface area contributed by atoms with Crippen LogP contribution < -0.4 is 10.6 Å². The number of carbonyl (C=O) groups excluding carboxylic acids is 1. The minimum Gasteiger partial charge on any atom is -0.384 e. The molecule has 1 rings (SSSR count). The maximum Gasteiger partial charge on any atom is 0.246 e. The molecular weight excluding hydrogens is 208 g/mol. The lowest BCUT2D eigenvalue weighted by Crippen LogP contribution is -2.59. The van der Waals surface area contributed by atoms with Crippen molar-refractivity contribution in [1.29, 1.82) is 0 Å². The second-order valence-electron chi connectivity index (χ2n) is 4.71. The van der Waals surface area contributed by atoms with Gasteiger partial charge in [0.1, 0.15) is 6.61 Å². The molecule has 1 unspecified atom stereocenters. The highest BCUT2D eigenvalue weighted by atomic mass is 16.5. The largest absolute Gasteiger partial charge is 0.384 e. The topological polar surface area (TPSA) is 59.6 Å². The molecule has 1 saturated heterocycles. The van der Waals surface area contributed by atoms with Crippen molar-refractivity contribution < 1.29 is 14.3 Å². The molecule has 0 aromatic heterocycles. The Balaban J connectivity index is 2.06. The SMILES string of the molecule is COCC(C)CNC(=O)COC1(C)CNC1. The Kier molecular flexibility index (Phi) is 5.18. The molecule has 5 heteroatoms. The van der Waals surface area contributed by atoms with E-state index in [1.807, 2.05) is 13.8 Å². The third-order valence-electron chi connectivity index (χ3n) is 2.65. The Morgan fingerprint density at radius 3 is 2.75 bits per heavy atom. The first-order valence-electron chi connectivity index (χ1n) is 5.66. The van der Waals surface area contributed by atoms with Crippen LogP contribution in [0, 0.1) is 5.92 Å². The molecule has 1 aliphatic rings. The average Bonchev–Trinajstić information content (AvgIpc) is 2.21. The fourth-order valence-corrected chi connectivity index (χ4v) is 1.50. The number of methoxy groups -OCH3 is 1. The van der Waals surface area contributed by atoms with Crippen molar-refractivity contribution in [3.05, 3.63) is 0 Å². The van der Waals surface area contributed by atoms with Crippen molar-refractivity contribution >= 4 is 5.91 Å². The molecule has 1 atom stereocenters. The summed E-state index contributed by atoms with van der Waals surface area (Å²) in [5.74, 6) is 0.269. The van der Waals surface area contributed by atoms with E-state index in [2.05, 4.69) is 10.6 Å². The van der Waals surface area contributed by atoms with Gasteiger partial charge < -0.3 is 20.1 Å². The quantitative estimate of drug-likeness (QED) is 0.634. The molecule has 1 fully saturated rings. The van der Waals surface area contributed by atoms with Crippen LogP contribution in [0.2, 0.25) is 0 Å². The highest BCUT2D eigenvalue weighted by Gasteiger charge is 2.32. The van der Waals surface area contributed by atoms with Gasteiger partial charge in [-0.2, -0.15) is 0 Å². The Morgan fingerprint density at radius 1 is 1.56 bits per heavy atom. The molecule has 0 saturated carbocycles. The van der Waals surface area contributed by atoms with Gasteiger partial charge in [-0.3, -0.25) is 4.79 Å². The van der Waals surface area contributed by atoms with E-state index >= 15 is 0 Å². The summed E-state index contributed by atoms with van der Waals surface area (Å²) < 4.78 is 10.5. The van der Waals surface area contributed by atoms with E-state index < -0.39 is 0 Å². The predicted octanol–water partition coefficient (Wildman–Crippen LogP) is -0.236. The molecule has 1 amide bonds. The summed E-state index contributed by atoms with van der Waals surface area (Å²) >= 11 is 0. The van der Waals surface area contributed by atoms with Crippen LogP contribution in [0.5, 0.6) is 0 Å². The van der Waals surface area contributed by atoms with Gasteiger partial charge in [0.25, 0.3) is 0 Å². The maximum absolute atomic E-state index is 11.4. The van der Waals surface area contributed by atoms with Gasteiger partial charge in [-0.1, -0.05) is 6.92 Å². The van der Waals surface area contributed by atoms with Crippen molar-refractivity contribution in [3.8, 4) is 0 Å². The van der Waals surface area contributed by atoms with E-state index in [1.54, 1.807) is 7.11 Å². The van der Waals surface area contributed by atoms with Crippen LogP contribution in [-0.2, 0) is 14.3 Å². The van der Waals surface area contributed by atoms with E-state index in [0.717, 1.165) is 13.1 Å².